The fraction of sp³-hybridized carbons (Fsp3) is 0.564. The first-order chi connectivity index (χ1) is 25.9. The molecule has 1 aliphatic carbocycles. The average molecular weight is 748 g/mol. The maximum atomic E-state index is 14.3. The molecule has 1 aromatic carbocycles. The van der Waals surface area contributed by atoms with Gasteiger partial charge in [0.2, 0.25) is 23.5 Å². The molecule has 54 heavy (non-hydrogen) atoms. The summed E-state index contributed by atoms with van der Waals surface area (Å²) < 4.78 is 0. The van der Waals surface area contributed by atoms with E-state index in [1.807, 2.05) is 13.8 Å². The van der Waals surface area contributed by atoms with E-state index < -0.39 is 71.5 Å². The third-order valence-electron chi connectivity index (χ3n) is 10.4. The molecule has 0 bridgehead atoms. The van der Waals surface area contributed by atoms with Gasteiger partial charge in [0.1, 0.15) is 29.9 Å². The fourth-order valence-electron chi connectivity index (χ4n) is 7.17. The smallest absolute Gasteiger partial charge is 0.326 e. The number of carbonyl (C=O) groups excluding carboxylic acids is 6. The Morgan fingerprint density at radius 1 is 0.870 bits per heavy atom. The monoisotopic (exact) mass is 747 g/mol. The van der Waals surface area contributed by atoms with Crippen LogP contribution in [0.3, 0.4) is 0 Å². The molecule has 2 aromatic rings. The van der Waals surface area contributed by atoms with Crippen molar-refractivity contribution in [3.05, 3.63) is 60.2 Å². The Morgan fingerprint density at radius 2 is 1.59 bits per heavy atom. The molecule has 0 radical (unpaired) electrons. The van der Waals surface area contributed by atoms with Gasteiger partial charge in [0.05, 0.1) is 12.2 Å². The van der Waals surface area contributed by atoms with Crippen molar-refractivity contribution in [2.24, 2.45) is 11.8 Å². The van der Waals surface area contributed by atoms with Gasteiger partial charge in [-0.05, 0) is 49.5 Å². The van der Waals surface area contributed by atoms with E-state index >= 15 is 0 Å². The van der Waals surface area contributed by atoms with Crippen molar-refractivity contribution in [2.75, 3.05) is 6.54 Å². The zero-order chi connectivity index (χ0) is 39.2. The predicted octanol–water partition coefficient (Wildman–Crippen LogP) is 2.34. The van der Waals surface area contributed by atoms with Crippen LogP contribution in [0.2, 0.25) is 0 Å². The van der Waals surface area contributed by atoms with E-state index in [0.29, 0.717) is 31.2 Å². The summed E-state index contributed by atoms with van der Waals surface area (Å²) in [6, 6.07) is 3.17. The molecule has 15 nitrogen and oxygen atoms in total. The third kappa shape index (κ3) is 11.2. The summed E-state index contributed by atoms with van der Waals surface area (Å²) >= 11 is 0. The maximum absolute atomic E-state index is 14.3. The van der Waals surface area contributed by atoms with Gasteiger partial charge in [0, 0.05) is 25.4 Å². The van der Waals surface area contributed by atoms with Gasteiger partial charge in [0.25, 0.3) is 11.8 Å². The quantitative estimate of drug-likeness (QED) is 0.140. The van der Waals surface area contributed by atoms with Crippen LogP contribution < -0.4 is 21.3 Å². The number of carboxylic acid groups (broad SMARTS) is 1. The molecule has 2 unspecified atom stereocenters. The molecule has 1 saturated heterocycles. The molecule has 1 aromatic heterocycles. The van der Waals surface area contributed by atoms with Crippen molar-refractivity contribution in [1.29, 1.82) is 0 Å². The number of nitrogens with zero attached hydrogens (tertiary/aromatic N) is 3. The van der Waals surface area contributed by atoms with E-state index in [1.165, 1.54) is 23.5 Å². The fourth-order valence-corrected chi connectivity index (χ4v) is 7.17. The topological polar surface area (TPSA) is 217 Å². The number of benzene rings is 1. The summed E-state index contributed by atoms with van der Waals surface area (Å²) in [5.41, 5.74) is 0.725. The van der Waals surface area contributed by atoms with E-state index in [-0.39, 0.29) is 36.9 Å². The molecule has 2 heterocycles. The third-order valence-corrected chi connectivity index (χ3v) is 10.4. The van der Waals surface area contributed by atoms with E-state index in [1.54, 1.807) is 37.3 Å². The number of likely N-dealkylation sites (tertiary alicyclic amines) is 1. The zero-order valence-corrected chi connectivity index (χ0v) is 31.3. The van der Waals surface area contributed by atoms with Crippen molar-refractivity contribution in [2.45, 2.75) is 122 Å². The standard InChI is InChI=1S/C39H53N7O8/c1-4-13-27(33(47)37(51)43-28(39(53)54)22-25-14-8-6-9-15-25)42-35(49)30-18-12-21-46(30)38(52)31(24(3)5-2)44-36(50)32(26-16-10-7-11-17-26)45-34(48)29-23-40-19-20-41-29/h6,8-9,14-15,19-20,23-24,26-28,30-32H,4-5,7,10-13,16-18,21-22H2,1-3H3,(H,42,49)(H,43,51)(H,44,50)(H,45,48)(H,53,54)/t24?,27?,28-,30-,31-,32-/m0/s1. The number of carboxylic acids is 1. The highest BCUT2D eigenvalue weighted by Gasteiger charge is 2.42. The minimum Gasteiger partial charge on any atom is -0.480 e. The number of amides is 5. The normalized spacial score (nSPS) is 18.6. The number of ketones is 1. The van der Waals surface area contributed by atoms with Gasteiger partial charge in [0.15, 0.2) is 0 Å². The van der Waals surface area contributed by atoms with Gasteiger partial charge in [-0.3, -0.25) is 33.8 Å². The molecular weight excluding hydrogens is 694 g/mol. The van der Waals surface area contributed by atoms with Crippen LogP contribution in [0.1, 0.15) is 101 Å². The molecule has 4 rings (SSSR count). The number of hydrogen-bond acceptors (Lipinski definition) is 9. The lowest BCUT2D eigenvalue weighted by Crippen LogP contribution is -2.60. The van der Waals surface area contributed by atoms with Gasteiger partial charge in [-0.2, -0.15) is 0 Å². The SMILES string of the molecule is CCCC(NC(=O)[C@@H]1CCCN1C(=O)[C@@H](NC(=O)[C@@H](NC(=O)c1cnccn1)C1CCCCC1)C(C)CC)C(=O)C(=O)N[C@@H](Cc1ccccc1)C(=O)O. The summed E-state index contributed by atoms with van der Waals surface area (Å²) in [6.45, 7) is 5.74. The van der Waals surface area contributed by atoms with Crippen LogP contribution in [0.15, 0.2) is 48.9 Å². The number of rotatable bonds is 18. The summed E-state index contributed by atoms with van der Waals surface area (Å²) in [7, 11) is 0. The van der Waals surface area contributed by atoms with Crippen molar-refractivity contribution in [3.8, 4) is 0 Å². The molecule has 1 saturated carbocycles. The van der Waals surface area contributed by atoms with Crippen molar-refractivity contribution in [1.82, 2.24) is 36.1 Å². The lowest BCUT2D eigenvalue weighted by molar-refractivity contribution is -0.146. The molecule has 5 amide bonds. The second-order valence-corrected chi connectivity index (χ2v) is 14.3. The van der Waals surface area contributed by atoms with Crippen molar-refractivity contribution < 1.29 is 38.7 Å². The highest BCUT2D eigenvalue weighted by Crippen LogP contribution is 2.28. The Bertz CT molecular complexity index is 1620. The number of aromatic nitrogens is 2. The molecule has 0 spiro atoms. The largest absolute Gasteiger partial charge is 0.480 e. The van der Waals surface area contributed by atoms with Gasteiger partial charge in [-0.15, -0.1) is 0 Å². The minimum atomic E-state index is -1.37. The van der Waals surface area contributed by atoms with E-state index in [0.717, 1.165) is 32.1 Å². The first-order valence-electron chi connectivity index (χ1n) is 19.0. The Morgan fingerprint density at radius 3 is 2.22 bits per heavy atom. The molecule has 6 atom stereocenters. The second kappa shape index (κ2) is 20.3. The molecule has 2 aliphatic rings. The van der Waals surface area contributed by atoms with Crippen LogP contribution in [-0.4, -0.2) is 98.0 Å². The highest BCUT2D eigenvalue weighted by atomic mass is 16.4. The molecule has 1 aliphatic heterocycles. The molecule has 15 heteroatoms. The molecule has 2 fully saturated rings. The number of Topliss-reactive ketones (excluding diaryl/α,β-unsaturated/α-hetero) is 1. The van der Waals surface area contributed by atoms with Gasteiger partial charge in [-0.1, -0.05) is 83.2 Å². The minimum absolute atomic E-state index is 0.0392. The van der Waals surface area contributed by atoms with Crippen LogP contribution in [-0.2, 0) is 35.2 Å². The van der Waals surface area contributed by atoms with E-state index in [4.69, 9.17) is 0 Å². The van der Waals surface area contributed by atoms with Crippen LogP contribution >= 0.6 is 0 Å². The Hall–Kier alpha value is -5.21. The van der Waals surface area contributed by atoms with E-state index in [2.05, 4.69) is 31.2 Å². The Labute approximate surface area is 315 Å². The summed E-state index contributed by atoms with van der Waals surface area (Å²) in [5.74, 6) is -6.02. The zero-order valence-electron chi connectivity index (χ0n) is 31.3. The second-order valence-electron chi connectivity index (χ2n) is 14.3. The lowest BCUT2D eigenvalue weighted by Gasteiger charge is -2.34. The van der Waals surface area contributed by atoms with Gasteiger partial charge in [-0.25, -0.2) is 9.78 Å². The summed E-state index contributed by atoms with van der Waals surface area (Å²) in [5, 5.41) is 20.5. The first-order valence-corrected chi connectivity index (χ1v) is 19.0. The Balaban J connectivity index is 1.46. The first kappa shape index (κ1) is 41.5. The maximum Gasteiger partial charge on any atom is 0.326 e. The van der Waals surface area contributed by atoms with Crippen molar-refractivity contribution in [3.63, 3.8) is 0 Å². The number of hydrogen-bond donors (Lipinski definition) is 5. The number of carbonyl (C=O) groups is 7. The predicted molar refractivity (Wildman–Crippen MR) is 198 cm³/mol. The number of aliphatic carboxylic acids is 1. The van der Waals surface area contributed by atoms with Crippen LogP contribution in [0, 0.1) is 11.8 Å². The molecule has 292 valence electrons. The molecule has 5 N–H and O–H groups in total. The summed E-state index contributed by atoms with van der Waals surface area (Å²) in [6.07, 6.45) is 10.3. The van der Waals surface area contributed by atoms with Crippen LogP contribution in [0.25, 0.3) is 0 Å². The van der Waals surface area contributed by atoms with Gasteiger partial charge >= 0.3 is 5.97 Å². The van der Waals surface area contributed by atoms with Crippen LogP contribution in [0.5, 0.6) is 0 Å². The Kier molecular flexibility index (Phi) is 15.6. The van der Waals surface area contributed by atoms with Gasteiger partial charge < -0.3 is 31.3 Å². The van der Waals surface area contributed by atoms with E-state index in [9.17, 15) is 38.7 Å². The van der Waals surface area contributed by atoms with Crippen molar-refractivity contribution >= 4 is 41.3 Å². The average Bonchev–Trinajstić information content (AvgIpc) is 3.69. The molecular formula is C39H53N7O8. The number of nitrogens with one attached hydrogen (secondary N) is 4. The summed E-state index contributed by atoms with van der Waals surface area (Å²) in [4.78, 5) is 103. The lowest BCUT2D eigenvalue weighted by atomic mass is 9.83. The highest BCUT2D eigenvalue weighted by molar-refractivity contribution is 6.38. The van der Waals surface area contributed by atoms with Crippen LogP contribution in [0.4, 0.5) is 0 Å².